The average Bonchev–Trinajstić information content (AvgIpc) is 2.16. The van der Waals surface area contributed by atoms with E-state index in [2.05, 4.69) is 52.8 Å². The molecule has 0 radical (unpaired) electrons. The van der Waals surface area contributed by atoms with Crippen LogP contribution in [0.15, 0.2) is 34.9 Å². The molecule has 0 rings (SSSR count). The highest BCUT2D eigenvalue weighted by molar-refractivity contribution is 5.27. The molecule has 0 heterocycles. The summed E-state index contributed by atoms with van der Waals surface area (Å²) in [6.07, 6.45) is 6.40. The van der Waals surface area contributed by atoms with Crippen molar-refractivity contribution in [3.8, 4) is 0 Å². The maximum Gasteiger partial charge on any atom is -0.0398 e. The topological polar surface area (TPSA) is 0 Å². The van der Waals surface area contributed by atoms with Crippen LogP contribution in [0.5, 0.6) is 0 Å². The van der Waals surface area contributed by atoms with Crippen LogP contribution in [-0.4, -0.2) is 0 Å². The van der Waals surface area contributed by atoms with Crippen LogP contribution < -0.4 is 0 Å². The Labute approximate surface area is 84.1 Å². The molecule has 0 fully saturated rings. The summed E-state index contributed by atoms with van der Waals surface area (Å²) in [4.78, 5) is 0. The molecule has 0 saturated heterocycles. The highest BCUT2D eigenvalue weighted by Gasteiger charge is 1.84. The van der Waals surface area contributed by atoms with Gasteiger partial charge in [-0.05, 0) is 34.6 Å². The fourth-order valence-corrected chi connectivity index (χ4v) is 0.519. The van der Waals surface area contributed by atoms with Gasteiger partial charge in [0, 0.05) is 0 Å². The van der Waals surface area contributed by atoms with E-state index in [9.17, 15) is 0 Å². The number of hydrogen-bond donors (Lipinski definition) is 0. The van der Waals surface area contributed by atoms with Gasteiger partial charge in [0.25, 0.3) is 0 Å². The van der Waals surface area contributed by atoms with Gasteiger partial charge in [0.1, 0.15) is 0 Å². The van der Waals surface area contributed by atoms with Gasteiger partial charge >= 0.3 is 0 Å². The van der Waals surface area contributed by atoms with Crippen LogP contribution in [0.2, 0.25) is 0 Å². The van der Waals surface area contributed by atoms with E-state index < -0.39 is 0 Å². The summed E-state index contributed by atoms with van der Waals surface area (Å²) >= 11 is 0. The van der Waals surface area contributed by atoms with E-state index in [-0.39, 0.29) is 0 Å². The molecule has 0 aliphatic rings. The summed E-state index contributed by atoms with van der Waals surface area (Å²) < 4.78 is 0. The van der Waals surface area contributed by atoms with Gasteiger partial charge < -0.3 is 0 Å². The third-order valence-electron chi connectivity index (χ3n) is 1.84. The Hall–Kier alpha value is -0.780. The highest BCUT2D eigenvalue weighted by Crippen LogP contribution is 2.05. The summed E-state index contributed by atoms with van der Waals surface area (Å²) in [6, 6.07) is 0. The number of rotatable bonds is 2. The summed E-state index contributed by atoms with van der Waals surface area (Å²) in [5.41, 5.74) is 4.04. The first kappa shape index (κ1) is 14.7. The molecule has 0 spiro atoms. The van der Waals surface area contributed by atoms with Crippen molar-refractivity contribution in [1.29, 1.82) is 0 Å². The molecular weight excluding hydrogens is 156 g/mol. The van der Waals surface area contributed by atoms with E-state index in [0.29, 0.717) is 0 Å². The molecule has 0 heteroatoms. The van der Waals surface area contributed by atoms with Gasteiger partial charge in [-0.25, -0.2) is 0 Å². The van der Waals surface area contributed by atoms with Crippen molar-refractivity contribution in [1.82, 2.24) is 0 Å². The third-order valence-corrected chi connectivity index (χ3v) is 1.84. The maximum atomic E-state index is 2.16. The lowest BCUT2D eigenvalue weighted by molar-refractivity contribution is 1.29. The van der Waals surface area contributed by atoms with Gasteiger partial charge in [0.15, 0.2) is 0 Å². The second-order valence-corrected chi connectivity index (χ2v) is 3.05. The molecule has 0 aliphatic carbocycles. The minimum absolute atomic E-state index is 1.31. The highest BCUT2D eigenvalue weighted by atomic mass is 13.9. The lowest BCUT2D eigenvalue weighted by Gasteiger charge is -1.94. The van der Waals surface area contributed by atoms with E-state index in [4.69, 9.17) is 0 Å². The van der Waals surface area contributed by atoms with Crippen LogP contribution in [0.25, 0.3) is 0 Å². The first-order valence-electron chi connectivity index (χ1n) is 5.03. The van der Waals surface area contributed by atoms with E-state index >= 15 is 0 Å². The van der Waals surface area contributed by atoms with Crippen molar-refractivity contribution < 1.29 is 0 Å². The molecular formula is C13H24. The second-order valence-electron chi connectivity index (χ2n) is 3.05. The third kappa shape index (κ3) is 9.13. The van der Waals surface area contributed by atoms with E-state index in [1.54, 1.807) is 0 Å². The maximum absolute atomic E-state index is 2.16. The SMILES string of the molecule is C/C=C(C)\C=C/C(C)=C(C)C.CC. The molecule has 13 heavy (non-hydrogen) atoms. The Morgan fingerprint density at radius 3 is 1.62 bits per heavy atom. The van der Waals surface area contributed by atoms with Crippen LogP contribution in [0, 0.1) is 0 Å². The van der Waals surface area contributed by atoms with Gasteiger partial charge in [-0.1, -0.05) is 48.8 Å². The first-order valence-corrected chi connectivity index (χ1v) is 5.03. The Balaban J connectivity index is 0. The van der Waals surface area contributed by atoms with Crippen LogP contribution >= 0.6 is 0 Å². The number of allylic oxidation sites excluding steroid dienone is 6. The quantitative estimate of drug-likeness (QED) is 0.531. The predicted octanol–water partition coefficient (Wildman–Crippen LogP) is 4.89. The van der Waals surface area contributed by atoms with Crippen molar-refractivity contribution in [3.63, 3.8) is 0 Å². The van der Waals surface area contributed by atoms with Crippen LogP contribution in [0.4, 0.5) is 0 Å². The van der Waals surface area contributed by atoms with E-state index in [1.807, 2.05) is 13.8 Å². The van der Waals surface area contributed by atoms with Crippen molar-refractivity contribution in [2.45, 2.75) is 48.5 Å². The molecule has 76 valence electrons. The normalized spacial score (nSPS) is 10.8. The monoisotopic (exact) mass is 180 g/mol. The molecule has 0 aromatic heterocycles. The molecule has 0 atom stereocenters. The minimum Gasteiger partial charge on any atom is -0.0847 e. The van der Waals surface area contributed by atoms with Crippen molar-refractivity contribution >= 4 is 0 Å². The van der Waals surface area contributed by atoms with Gasteiger partial charge in [0.05, 0.1) is 0 Å². The van der Waals surface area contributed by atoms with Crippen LogP contribution in [0.3, 0.4) is 0 Å². The van der Waals surface area contributed by atoms with Gasteiger partial charge in [-0.2, -0.15) is 0 Å². The Kier molecular flexibility index (Phi) is 10.5. The summed E-state index contributed by atoms with van der Waals surface area (Å²) in [7, 11) is 0. The molecule has 0 aliphatic heterocycles. The van der Waals surface area contributed by atoms with Crippen molar-refractivity contribution in [2.24, 2.45) is 0 Å². The van der Waals surface area contributed by atoms with Crippen LogP contribution in [0.1, 0.15) is 48.5 Å². The van der Waals surface area contributed by atoms with Gasteiger partial charge in [0.2, 0.25) is 0 Å². The summed E-state index contributed by atoms with van der Waals surface area (Å²) in [5, 5.41) is 0. The van der Waals surface area contributed by atoms with Gasteiger partial charge in [-0.3, -0.25) is 0 Å². The minimum atomic E-state index is 1.31. The zero-order chi connectivity index (χ0) is 10.9. The second kappa shape index (κ2) is 9.31. The molecule has 0 aromatic carbocycles. The molecule has 0 aromatic rings. The Morgan fingerprint density at radius 1 is 0.846 bits per heavy atom. The van der Waals surface area contributed by atoms with Crippen molar-refractivity contribution in [3.05, 3.63) is 34.9 Å². The molecule has 0 bridgehead atoms. The molecule has 0 saturated carbocycles. The number of hydrogen-bond acceptors (Lipinski definition) is 0. The Bertz CT molecular complexity index is 198. The largest absolute Gasteiger partial charge is 0.0847 e. The lowest BCUT2D eigenvalue weighted by atomic mass is 10.1. The average molecular weight is 180 g/mol. The molecule has 0 N–H and O–H groups in total. The Morgan fingerprint density at radius 2 is 1.31 bits per heavy atom. The fraction of sp³-hybridized carbons (Fsp3) is 0.538. The lowest BCUT2D eigenvalue weighted by Crippen LogP contribution is -1.73. The zero-order valence-electron chi connectivity index (χ0n) is 10.2. The van der Waals surface area contributed by atoms with Gasteiger partial charge in [-0.15, -0.1) is 0 Å². The molecule has 0 amide bonds. The van der Waals surface area contributed by atoms with Crippen molar-refractivity contribution in [2.75, 3.05) is 0 Å². The summed E-state index contributed by atoms with van der Waals surface area (Å²) in [6.45, 7) is 14.6. The summed E-state index contributed by atoms with van der Waals surface area (Å²) in [5.74, 6) is 0. The molecule has 0 unspecified atom stereocenters. The standard InChI is InChI=1S/C11H18.C2H6/c1-6-10(4)7-8-11(5)9(2)3;1-2/h6-8H,1-5H3;1-2H3/b8-7-,10-6-;. The smallest absolute Gasteiger partial charge is 0.0398 e. The molecule has 0 nitrogen and oxygen atoms in total. The van der Waals surface area contributed by atoms with E-state index in [0.717, 1.165) is 0 Å². The fourth-order valence-electron chi connectivity index (χ4n) is 0.519. The first-order chi connectivity index (χ1) is 6.07. The van der Waals surface area contributed by atoms with E-state index in [1.165, 1.54) is 16.7 Å². The zero-order valence-corrected chi connectivity index (χ0v) is 10.2. The predicted molar refractivity (Wildman–Crippen MR) is 64.0 cm³/mol. The van der Waals surface area contributed by atoms with Crippen LogP contribution in [-0.2, 0) is 0 Å².